The molecule has 0 unspecified atom stereocenters. The maximum absolute atomic E-state index is 12.0. The van der Waals surface area contributed by atoms with Crippen molar-refractivity contribution in [3.05, 3.63) is 18.2 Å². The lowest BCUT2D eigenvalue weighted by Crippen LogP contribution is -2.23. The van der Waals surface area contributed by atoms with Gasteiger partial charge in [-0.05, 0) is 38.8 Å². The Kier molecular flexibility index (Phi) is 6.90. The maximum Gasteiger partial charge on any atom is 0.309 e. The summed E-state index contributed by atoms with van der Waals surface area (Å²) >= 11 is 0. The van der Waals surface area contributed by atoms with Crippen molar-refractivity contribution in [2.24, 2.45) is 5.92 Å². The second-order valence-electron chi connectivity index (χ2n) is 5.66. The number of esters is 1. The van der Waals surface area contributed by atoms with Gasteiger partial charge in [0.25, 0.3) is 5.91 Å². The van der Waals surface area contributed by atoms with E-state index in [1.165, 1.54) is 0 Å². The van der Waals surface area contributed by atoms with Crippen LogP contribution >= 0.6 is 0 Å². The number of carbonyl (C=O) groups is 2. The summed E-state index contributed by atoms with van der Waals surface area (Å²) in [6.07, 6.45) is 3.82. The first kappa shape index (κ1) is 18.1. The van der Waals surface area contributed by atoms with Crippen LogP contribution in [0.2, 0.25) is 0 Å². The van der Waals surface area contributed by atoms with Crippen LogP contribution in [-0.2, 0) is 14.3 Å². The van der Waals surface area contributed by atoms with E-state index < -0.39 is 0 Å². The number of rotatable bonds is 8. The Morgan fingerprint density at radius 2 is 1.75 bits per heavy atom. The molecule has 0 heterocycles. The number of hydrogen-bond donors (Lipinski definition) is 1. The molecular weight excluding hydrogens is 310 g/mol. The van der Waals surface area contributed by atoms with Gasteiger partial charge < -0.3 is 19.5 Å². The van der Waals surface area contributed by atoms with Crippen molar-refractivity contribution in [2.45, 2.75) is 39.5 Å². The molecule has 132 valence electrons. The molecule has 0 aromatic heterocycles. The van der Waals surface area contributed by atoms with Crippen LogP contribution in [0, 0.1) is 5.92 Å². The third-order valence-electron chi connectivity index (χ3n) is 3.86. The number of carbonyl (C=O) groups excluding carboxylic acids is 2. The molecule has 1 saturated carbocycles. The summed E-state index contributed by atoms with van der Waals surface area (Å²) in [6.45, 7) is 4.53. The molecule has 2 rings (SSSR count). The molecule has 1 aliphatic rings. The maximum atomic E-state index is 12.0. The van der Waals surface area contributed by atoms with Gasteiger partial charge in [0.05, 0.1) is 19.1 Å². The van der Waals surface area contributed by atoms with Crippen LogP contribution in [0.25, 0.3) is 0 Å². The lowest BCUT2D eigenvalue weighted by Gasteiger charge is -2.13. The van der Waals surface area contributed by atoms with E-state index in [0.717, 1.165) is 25.7 Å². The second-order valence-corrected chi connectivity index (χ2v) is 5.66. The SMILES string of the molecule is CCOc1ccc(NC(=O)COC(=O)C2CCCC2)cc1OCC. The zero-order valence-corrected chi connectivity index (χ0v) is 14.3. The highest BCUT2D eigenvalue weighted by Gasteiger charge is 2.24. The molecular formula is C18H25NO5. The molecule has 1 fully saturated rings. The van der Waals surface area contributed by atoms with Crippen LogP contribution < -0.4 is 14.8 Å². The van der Waals surface area contributed by atoms with Gasteiger partial charge in [-0.1, -0.05) is 12.8 Å². The molecule has 6 nitrogen and oxygen atoms in total. The molecule has 1 amide bonds. The highest BCUT2D eigenvalue weighted by atomic mass is 16.5. The number of nitrogens with one attached hydrogen (secondary N) is 1. The first-order valence-corrected chi connectivity index (χ1v) is 8.50. The minimum absolute atomic E-state index is 0.0483. The fourth-order valence-corrected chi connectivity index (χ4v) is 2.74. The van der Waals surface area contributed by atoms with Crippen molar-refractivity contribution >= 4 is 17.6 Å². The van der Waals surface area contributed by atoms with E-state index in [4.69, 9.17) is 14.2 Å². The standard InChI is InChI=1S/C18H25NO5/c1-3-22-15-10-9-14(11-16(15)23-4-2)19-17(20)12-24-18(21)13-7-5-6-8-13/h9-11,13H,3-8,12H2,1-2H3,(H,19,20). The predicted molar refractivity (Wildman–Crippen MR) is 90.3 cm³/mol. The molecule has 0 bridgehead atoms. The second kappa shape index (κ2) is 9.15. The smallest absolute Gasteiger partial charge is 0.309 e. The Morgan fingerprint density at radius 3 is 2.42 bits per heavy atom. The first-order chi connectivity index (χ1) is 11.6. The predicted octanol–water partition coefficient (Wildman–Crippen LogP) is 3.16. The van der Waals surface area contributed by atoms with Crippen molar-refractivity contribution in [1.29, 1.82) is 0 Å². The largest absolute Gasteiger partial charge is 0.490 e. The van der Waals surface area contributed by atoms with Crippen molar-refractivity contribution in [3.63, 3.8) is 0 Å². The average Bonchev–Trinajstić information content (AvgIpc) is 3.10. The molecule has 1 aromatic rings. The van der Waals surface area contributed by atoms with Gasteiger partial charge in [-0.15, -0.1) is 0 Å². The van der Waals surface area contributed by atoms with Gasteiger partial charge in [0, 0.05) is 11.8 Å². The number of amides is 1. The van der Waals surface area contributed by atoms with E-state index in [0.29, 0.717) is 30.4 Å². The monoisotopic (exact) mass is 335 g/mol. The van der Waals surface area contributed by atoms with Gasteiger partial charge in [-0.3, -0.25) is 9.59 Å². The molecule has 1 aromatic carbocycles. The van der Waals surface area contributed by atoms with E-state index >= 15 is 0 Å². The van der Waals surface area contributed by atoms with Gasteiger partial charge in [0.2, 0.25) is 0 Å². The van der Waals surface area contributed by atoms with E-state index in [1.54, 1.807) is 18.2 Å². The fourth-order valence-electron chi connectivity index (χ4n) is 2.74. The summed E-state index contributed by atoms with van der Waals surface area (Å²) in [6, 6.07) is 5.17. The summed E-state index contributed by atoms with van der Waals surface area (Å²) in [5.41, 5.74) is 0.573. The Hall–Kier alpha value is -2.24. The molecule has 6 heteroatoms. The fraction of sp³-hybridized carbons (Fsp3) is 0.556. The molecule has 1 aliphatic carbocycles. The van der Waals surface area contributed by atoms with E-state index in [-0.39, 0.29) is 24.4 Å². The molecule has 1 N–H and O–H groups in total. The summed E-state index contributed by atoms with van der Waals surface area (Å²) in [5, 5.41) is 2.70. The van der Waals surface area contributed by atoms with Crippen molar-refractivity contribution in [3.8, 4) is 11.5 Å². The molecule has 0 saturated heterocycles. The zero-order chi connectivity index (χ0) is 17.4. The van der Waals surface area contributed by atoms with E-state index in [9.17, 15) is 9.59 Å². The Morgan fingerprint density at radius 1 is 1.08 bits per heavy atom. The minimum Gasteiger partial charge on any atom is -0.490 e. The van der Waals surface area contributed by atoms with Crippen molar-refractivity contribution < 1.29 is 23.8 Å². The topological polar surface area (TPSA) is 73.9 Å². The summed E-state index contributed by atoms with van der Waals surface area (Å²) in [5.74, 6) is 0.509. The average molecular weight is 335 g/mol. The van der Waals surface area contributed by atoms with Gasteiger partial charge in [0.1, 0.15) is 0 Å². The van der Waals surface area contributed by atoms with E-state index in [1.807, 2.05) is 13.8 Å². The highest BCUT2D eigenvalue weighted by molar-refractivity contribution is 5.93. The molecule has 0 spiro atoms. The quantitative estimate of drug-likeness (QED) is 0.739. The highest BCUT2D eigenvalue weighted by Crippen LogP contribution is 2.30. The summed E-state index contributed by atoms with van der Waals surface area (Å²) in [4.78, 5) is 23.8. The lowest BCUT2D eigenvalue weighted by atomic mass is 10.1. The summed E-state index contributed by atoms with van der Waals surface area (Å²) in [7, 11) is 0. The van der Waals surface area contributed by atoms with Crippen LogP contribution in [0.1, 0.15) is 39.5 Å². The third kappa shape index (κ3) is 5.15. The summed E-state index contributed by atoms with van der Waals surface area (Å²) < 4.78 is 16.1. The van der Waals surface area contributed by atoms with Crippen LogP contribution in [0.3, 0.4) is 0 Å². The van der Waals surface area contributed by atoms with Crippen LogP contribution in [0.5, 0.6) is 11.5 Å². The van der Waals surface area contributed by atoms with Crippen LogP contribution in [0.15, 0.2) is 18.2 Å². The lowest BCUT2D eigenvalue weighted by molar-refractivity contribution is -0.151. The van der Waals surface area contributed by atoms with Gasteiger partial charge >= 0.3 is 5.97 Å². The Bertz CT molecular complexity index is 567. The Balaban J connectivity index is 1.88. The number of hydrogen-bond acceptors (Lipinski definition) is 5. The number of ether oxygens (including phenoxy) is 3. The minimum atomic E-state index is -0.368. The number of anilines is 1. The van der Waals surface area contributed by atoms with Crippen molar-refractivity contribution in [2.75, 3.05) is 25.1 Å². The van der Waals surface area contributed by atoms with Gasteiger partial charge in [-0.2, -0.15) is 0 Å². The van der Waals surface area contributed by atoms with Crippen molar-refractivity contribution in [1.82, 2.24) is 0 Å². The third-order valence-corrected chi connectivity index (χ3v) is 3.86. The Labute approximate surface area is 142 Å². The molecule has 0 radical (unpaired) electrons. The molecule has 0 atom stereocenters. The number of benzene rings is 1. The van der Waals surface area contributed by atoms with Gasteiger partial charge in [0.15, 0.2) is 18.1 Å². The molecule has 24 heavy (non-hydrogen) atoms. The van der Waals surface area contributed by atoms with Gasteiger partial charge in [-0.25, -0.2) is 0 Å². The molecule has 0 aliphatic heterocycles. The normalized spacial score (nSPS) is 14.2. The first-order valence-electron chi connectivity index (χ1n) is 8.50. The van der Waals surface area contributed by atoms with Crippen LogP contribution in [-0.4, -0.2) is 31.7 Å². The zero-order valence-electron chi connectivity index (χ0n) is 14.3. The van der Waals surface area contributed by atoms with Crippen LogP contribution in [0.4, 0.5) is 5.69 Å². The van der Waals surface area contributed by atoms with E-state index in [2.05, 4.69) is 5.32 Å².